The quantitative estimate of drug-likeness (QED) is 0.241. The van der Waals surface area contributed by atoms with Crippen LogP contribution in [0.25, 0.3) is 22.3 Å². The van der Waals surface area contributed by atoms with Gasteiger partial charge in [0.25, 0.3) is 5.91 Å². The zero-order chi connectivity index (χ0) is 26.5. The fraction of sp³-hybridized carbons (Fsp3) is 0.160. The molecule has 0 bridgehead atoms. The van der Waals surface area contributed by atoms with Gasteiger partial charge in [-0.25, -0.2) is 8.42 Å². The molecule has 3 aromatic carbocycles. The summed E-state index contributed by atoms with van der Waals surface area (Å²) in [5.41, 5.74) is 8.53. The highest BCUT2D eigenvalue weighted by molar-refractivity contribution is 7.91. The second-order valence-electron chi connectivity index (χ2n) is 8.97. The molecular weight excluding hydrogens is 538 g/mol. The lowest BCUT2D eigenvalue weighted by molar-refractivity contribution is 0.100. The molecule has 4 aromatic rings. The molecule has 0 atom stereocenters. The smallest absolute Gasteiger partial charge is 0.455 e. The molecule has 1 aliphatic carbocycles. The van der Waals surface area contributed by atoms with Crippen LogP contribution in [-0.2, 0) is 15.8 Å². The lowest BCUT2D eigenvalue weighted by Crippen LogP contribution is -2.30. The molecule has 1 aliphatic rings. The van der Waals surface area contributed by atoms with Gasteiger partial charge in [0.1, 0.15) is 11.3 Å². The van der Waals surface area contributed by atoms with Crippen molar-refractivity contribution in [2.75, 3.05) is 4.72 Å². The Balaban J connectivity index is 1.54. The van der Waals surface area contributed by atoms with Crippen molar-refractivity contribution in [2.45, 2.75) is 24.5 Å². The second kappa shape index (κ2) is 9.70. The van der Waals surface area contributed by atoms with Crippen molar-refractivity contribution in [3.63, 3.8) is 0 Å². The van der Waals surface area contributed by atoms with E-state index in [0.717, 1.165) is 18.4 Å². The van der Waals surface area contributed by atoms with Crippen molar-refractivity contribution in [1.82, 2.24) is 0 Å². The zero-order valence-corrected chi connectivity index (χ0v) is 21.6. The van der Waals surface area contributed by atoms with Gasteiger partial charge in [0.2, 0.25) is 10.0 Å². The van der Waals surface area contributed by atoms with Crippen LogP contribution < -0.4 is 15.9 Å². The van der Waals surface area contributed by atoms with Crippen molar-refractivity contribution in [3.05, 3.63) is 81.3 Å². The molecule has 0 spiro atoms. The lowest BCUT2D eigenvalue weighted by Gasteiger charge is -2.13. The molecule has 1 saturated carbocycles. The van der Waals surface area contributed by atoms with Gasteiger partial charge < -0.3 is 20.2 Å². The summed E-state index contributed by atoms with van der Waals surface area (Å²) in [6, 6.07) is 14.3. The monoisotopic (exact) mass is 558 g/mol. The molecule has 0 aliphatic heterocycles. The Hall–Kier alpha value is -3.02. The van der Waals surface area contributed by atoms with Crippen LogP contribution in [0.3, 0.4) is 0 Å². The van der Waals surface area contributed by atoms with Crippen LogP contribution in [-0.4, -0.2) is 31.5 Å². The Morgan fingerprint density at radius 2 is 1.78 bits per heavy atom. The highest BCUT2D eigenvalue weighted by Gasteiger charge is 2.30. The highest BCUT2D eigenvalue weighted by atomic mass is 35.5. The molecule has 1 heterocycles. The number of carbonyl (C=O) groups excluding carboxylic acids is 1. The number of rotatable bonds is 8. The van der Waals surface area contributed by atoms with Gasteiger partial charge in [-0.1, -0.05) is 29.3 Å². The number of nitrogens with one attached hydrogen (secondary N) is 1. The molecule has 37 heavy (non-hydrogen) atoms. The molecule has 5 N–H and O–H groups in total. The normalized spacial score (nSPS) is 13.6. The minimum absolute atomic E-state index is 0.0135. The van der Waals surface area contributed by atoms with Crippen LogP contribution in [0, 0.1) is 0 Å². The van der Waals surface area contributed by atoms with Gasteiger partial charge in [-0.15, -0.1) is 0 Å². The van der Waals surface area contributed by atoms with E-state index >= 15 is 0 Å². The maximum atomic E-state index is 13.1. The maximum absolute atomic E-state index is 13.1. The number of benzene rings is 3. The van der Waals surface area contributed by atoms with E-state index in [1.165, 1.54) is 18.2 Å². The predicted octanol–water partition coefficient (Wildman–Crippen LogP) is 4.00. The van der Waals surface area contributed by atoms with Crippen LogP contribution in [0.2, 0.25) is 10.0 Å². The number of fused-ring (bicyclic) bond motifs is 1. The number of hydrogen-bond acceptors (Lipinski definition) is 6. The number of sulfonamides is 1. The topological polar surface area (TPSA) is 143 Å². The van der Waals surface area contributed by atoms with Crippen LogP contribution >= 0.6 is 23.2 Å². The number of anilines is 1. The zero-order valence-electron chi connectivity index (χ0n) is 19.2. The molecule has 12 heteroatoms. The van der Waals surface area contributed by atoms with E-state index in [2.05, 4.69) is 4.72 Å². The number of carbonyl (C=O) groups is 1. The second-order valence-corrected chi connectivity index (χ2v) is 11.5. The summed E-state index contributed by atoms with van der Waals surface area (Å²) in [4.78, 5) is 12.4. The molecule has 0 radical (unpaired) electrons. The summed E-state index contributed by atoms with van der Waals surface area (Å²) in [6.45, 7) is 0. The Bertz CT molecular complexity index is 1630. The van der Waals surface area contributed by atoms with Gasteiger partial charge in [0.15, 0.2) is 0 Å². The van der Waals surface area contributed by atoms with E-state index in [0.29, 0.717) is 32.9 Å². The number of amides is 1. The van der Waals surface area contributed by atoms with Gasteiger partial charge in [-0.05, 0) is 78.4 Å². The summed E-state index contributed by atoms with van der Waals surface area (Å²) >= 11 is 12.0. The predicted molar refractivity (Wildman–Crippen MR) is 145 cm³/mol. The Labute approximate surface area is 223 Å². The lowest BCUT2D eigenvalue weighted by atomic mass is 9.80. The standard InChI is InChI=1S/C25H21BCl2N2O6S/c27-16-5-3-14(4-6-16)24-23(25(29)31)19-11-18(13-1-2-13)15(9-22(19)36-24)12-37(34,35)30-17-7-8-20(26(32)33)21(28)10-17/h3-11,13,30,32-33H,1-2,12H2,(H2,29,31). The fourth-order valence-corrected chi connectivity index (χ4v) is 5.99. The van der Waals surface area contributed by atoms with Crippen LogP contribution in [0.4, 0.5) is 5.69 Å². The van der Waals surface area contributed by atoms with Crippen molar-refractivity contribution >= 4 is 68.4 Å². The van der Waals surface area contributed by atoms with E-state index in [4.69, 9.17) is 33.4 Å². The third-order valence-corrected chi connectivity index (χ3v) is 8.03. The summed E-state index contributed by atoms with van der Waals surface area (Å²) in [6.07, 6.45) is 1.81. The molecule has 190 valence electrons. The first kappa shape index (κ1) is 25.6. The van der Waals surface area contributed by atoms with E-state index in [1.807, 2.05) is 0 Å². The van der Waals surface area contributed by atoms with Gasteiger partial charge in [-0.2, -0.15) is 0 Å². The Kier molecular flexibility index (Phi) is 6.72. The first-order valence-corrected chi connectivity index (χ1v) is 13.7. The van der Waals surface area contributed by atoms with Crippen molar-refractivity contribution in [1.29, 1.82) is 0 Å². The molecule has 0 unspecified atom stereocenters. The third-order valence-electron chi connectivity index (χ3n) is 6.22. The van der Waals surface area contributed by atoms with E-state index in [9.17, 15) is 23.3 Å². The van der Waals surface area contributed by atoms with E-state index in [-0.39, 0.29) is 33.4 Å². The van der Waals surface area contributed by atoms with Crippen LogP contribution in [0.15, 0.2) is 59.0 Å². The van der Waals surface area contributed by atoms with Crippen molar-refractivity contribution in [2.24, 2.45) is 5.73 Å². The molecular formula is C25H21BCl2N2O6S. The number of primary amides is 1. The number of furan rings is 1. The summed E-state index contributed by atoms with van der Waals surface area (Å²) < 4.78 is 34.7. The fourth-order valence-electron chi connectivity index (χ4n) is 4.37. The molecule has 1 aromatic heterocycles. The van der Waals surface area contributed by atoms with Gasteiger partial charge in [-0.3, -0.25) is 9.52 Å². The minimum Gasteiger partial charge on any atom is -0.455 e. The average molecular weight is 559 g/mol. The van der Waals surface area contributed by atoms with Gasteiger partial charge in [0.05, 0.1) is 11.3 Å². The van der Waals surface area contributed by atoms with Crippen LogP contribution in [0.5, 0.6) is 0 Å². The molecule has 1 amide bonds. The minimum atomic E-state index is -3.89. The van der Waals surface area contributed by atoms with E-state index < -0.39 is 23.0 Å². The number of halogens is 2. The Morgan fingerprint density at radius 3 is 2.38 bits per heavy atom. The number of hydrogen-bond donors (Lipinski definition) is 4. The summed E-state index contributed by atoms with van der Waals surface area (Å²) in [5, 5.41) is 19.7. The third kappa shape index (κ3) is 5.34. The molecule has 8 nitrogen and oxygen atoms in total. The van der Waals surface area contributed by atoms with Gasteiger partial charge in [0, 0.05) is 32.1 Å². The first-order chi connectivity index (χ1) is 17.5. The molecule has 5 rings (SSSR count). The highest BCUT2D eigenvalue weighted by Crippen LogP contribution is 2.45. The van der Waals surface area contributed by atoms with Crippen molar-refractivity contribution < 1.29 is 27.7 Å². The SMILES string of the molecule is NC(=O)c1c(-c2ccc(Cl)cc2)oc2cc(CS(=O)(=O)Nc3ccc(B(O)O)c(Cl)c3)c(C3CC3)cc12. The largest absolute Gasteiger partial charge is 0.489 e. The number of nitrogens with two attached hydrogens (primary N) is 1. The maximum Gasteiger partial charge on any atom is 0.489 e. The summed E-state index contributed by atoms with van der Waals surface area (Å²) in [5.74, 6) is -0.538. The van der Waals surface area contributed by atoms with Crippen LogP contribution in [0.1, 0.15) is 40.2 Å². The average Bonchev–Trinajstić information content (AvgIpc) is 3.58. The first-order valence-electron chi connectivity index (χ1n) is 11.3. The Morgan fingerprint density at radius 1 is 1.08 bits per heavy atom. The van der Waals surface area contributed by atoms with Crippen molar-refractivity contribution in [3.8, 4) is 11.3 Å². The van der Waals surface area contributed by atoms with Gasteiger partial charge >= 0.3 is 7.12 Å². The molecule has 1 fully saturated rings. The molecule has 0 saturated heterocycles. The van der Waals surface area contributed by atoms with E-state index in [1.54, 1.807) is 36.4 Å². The summed E-state index contributed by atoms with van der Waals surface area (Å²) in [7, 11) is -5.67.